The van der Waals surface area contributed by atoms with E-state index in [4.69, 9.17) is 4.74 Å². The summed E-state index contributed by atoms with van der Waals surface area (Å²) >= 11 is 1.33. The number of nitrogens with one attached hydrogen (secondary N) is 1. The van der Waals surface area contributed by atoms with Crippen LogP contribution in [-0.4, -0.2) is 28.7 Å². The van der Waals surface area contributed by atoms with Crippen molar-refractivity contribution in [3.8, 4) is 5.75 Å². The molecule has 1 fully saturated rings. The SMILES string of the molecule is O=C(NC(c1ccc2c(c1)CCO2)C1CC(O)C1)c1cncs1. The van der Waals surface area contributed by atoms with Crippen LogP contribution < -0.4 is 10.1 Å². The fraction of sp³-hybridized carbons (Fsp3) is 0.412. The van der Waals surface area contributed by atoms with Gasteiger partial charge in [0.1, 0.15) is 10.6 Å². The largest absolute Gasteiger partial charge is 0.493 e. The van der Waals surface area contributed by atoms with Crippen molar-refractivity contribution in [1.82, 2.24) is 10.3 Å². The minimum atomic E-state index is -0.249. The molecular weight excluding hydrogens is 312 g/mol. The van der Waals surface area contributed by atoms with E-state index < -0.39 is 0 Å². The summed E-state index contributed by atoms with van der Waals surface area (Å²) in [5, 5.41) is 12.8. The van der Waals surface area contributed by atoms with Crippen molar-refractivity contribution >= 4 is 17.2 Å². The van der Waals surface area contributed by atoms with Gasteiger partial charge in [0, 0.05) is 6.42 Å². The Morgan fingerprint density at radius 1 is 1.43 bits per heavy atom. The van der Waals surface area contributed by atoms with Gasteiger partial charge in [-0.15, -0.1) is 11.3 Å². The van der Waals surface area contributed by atoms with E-state index in [1.165, 1.54) is 16.9 Å². The second-order valence-electron chi connectivity index (χ2n) is 6.17. The monoisotopic (exact) mass is 330 g/mol. The molecule has 2 aliphatic rings. The van der Waals surface area contributed by atoms with Gasteiger partial charge in [0.25, 0.3) is 5.91 Å². The fourth-order valence-electron chi connectivity index (χ4n) is 3.32. The summed E-state index contributed by atoms with van der Waals surface area (Å²) in [6, 6.07) is 6.05. The van der Waals surface area contributed by atoms with Crippen molar-refractivity contribution in [1.29, 1.82) is 0 Å². The molecule has 120 valence electrons. The molecule has 1 aliphatic carbocycles. The van der Waals surface area contributed by atoms with Crippen LogP contribution in [0.5, 0.6) is 5.75 Å². The molecule has 2 N–H and O–H groups in total. The lowest BCUT2D eigenvalue weighted by Gasteiger charge is -2.38. The van der Waals surface area contributed by atoms with E-state index in [9.17, 15) is 9.90 Å². The van der Waals surface area contributed by atoms with Crippen LogP contribution >= 0.6 is 11.3 Å². The number of rotatable bonds is 4. The average molecular weight is 330 g/mol. The van der Waals surface area contributed by atoms with Crippen LogP contribution in [0, 0.1) is 5.92 Å². The second-order valence-corrected chi connectivity index (χ2v) is 7.05. The molecule has 1 atom stereocenters. The summed E-state index contributed by atoms with van der Waals surface area (Å²) in [7, 11) is 0. The first kappa shape index (κ1) is 14.7. The van der Waals surface area contributed by atoms with Crippen LogP contribution in [0.3, 0.4) is 0 Å². The molecule has 5 nitrogen and oxygen atoms in total. The first-order valence-electron chi connectivity index (χ1n) is 7.84. The Kier molecular flexibility index (Phi) is 3.79. The Balaban J connectivity index is 1.59. The summed E-state index contributed by atoms with van der Waals surface area (Å²) < 4.78 is 5.56. The molecular formula is C17H18N2O3S. The highest BCUT2D eigenvalue weighted by Gasteiger charge is 2.36. The standard InChI is InChI=1S/C17H18N2O3S/c20-13-6-12(7-13)16(19-17(21)15-8-18-9-23-15)11-1-2-14-10(5-11)3-4-22-14/h1-2,5,8-9,12-13,16,20H,3-4,6-7H2,(H,19,21). The number of benzene rings is 1. The van der Waals surface area contributed by atoms with Crippen LogP contribution in [0.15, 0.2) is 29.9 Å². The van der Waals surface area contributed by atoms with Gasteiger partial charge in [0.2, 0.25) is 0 Å². The molecule has 1 aromatic carbocycles. The van der Waals surface area contributed by atoms with Gasteiger partial charge in [-0.1, -0.05) is 6.07 Å². The van der Waals surface area contributed by atoms with Gasteiger partial charge in [-0.3, -0.25) is 9.78 Å². The van der Waals surface area contributed by atoms with Gasteiger partial charge >= 0.3 is 0 Å². The third-order valence-corrected chi connectivity index (χ3v) is 5.41. The van der Waals surface area contributed by atoms with Crippen molar-refractivity contribution in [2.75, 3.05) is 6.61 Å². The molecule has 1 unspecified atom stereocenters. The molecule has 4 rings (SSSR count). The number of aliphatic hydroxyl groups excluding tert-OH is 1. The zero-order valence-electron chi connectivity index (χ0n) is 12.6. The quantitative estimate of drug-likeness (QED) is 0.902. The number of hydrogen-bond acceptors (Lipinski definition) is 5. The van der Waals surface area contributed by atoms with Gasteiger partial charge in [0.15, 0.2) is 0 Å². The van der Waals surface area contributed by atoms with E-state index in [2.05, 4.69) is 16.4 Å². The van der Waals surface area contributed by atoms with Gasteiger partial charge < -0.3 is 15.2 Å². The van der Waals surface area contributed by atoms with Crippen molar-refractivity contribution < 1.29 is 14.6 Å². The number of aromatic nitrogens is 1. The fourth-order valence-corrected chi connectivity index (χ4v) is 3.84. The Hall–Kier alpha value is -1.92. The number of hydrogen-bond donors (Lipinski definition) is 2. The maximum Gasteiger partial charge on any atom is 0.263 e. The molecule has 0 bridgehead atoms. The minimum absolute atomic E-state index is 0.0844. The Morgan fingerprint density at radius 3 is 3.04 bits per heavy atom. The molecule has 1 aliphatic heterocycles. The number of nitrogens with zero attached hydrogens (tertiary/aromatic N) is 1. The van der Waals surface area contributed by atoms with Crippen molar-refractivity contribution in [2.24, 2.45) is 5.92 Å². The molecule has 1 amide bonds. The van der Waals surface area contributed by atoms with Crippen LogP contribution in [0.4, 0.5) is 0 Å². The van der Waals surface area contributed by atoms with Gasteiger partial charge in [0.05, 0.1) is 30.5 Å². The Morgan fingerprint density at radius 2 is 2.30 bits per heavy atom. The molecule has 0 saturated heterocycles. The molecule has 0 spiro atoms. The van der Waals surface area contributed by atoms with Crippen molar-refractivity contribution in [2.45, 2.75) is 31.4 Å². The first-order valence-corrected chi connectivity index (χ1v) is 8.71. The number of carbonyl (C=O) groups excluding carboxylic acids is 1. The van der Waals surface area contributed by atoms with Crippen LogP contribution in [0.2, 0.25) is 0 Å². The average Bonchev–Trinajstić information content (AvgIpc) is 3.19. The lowest BCUT2D eigenvalue weighted by atomic mass is 9.75. The van der Waals surface area contributed by atoms with E-state index in [-0.39, 0.29) is 24.0 Å². The van der Waals surface area contributed by atoms with Crippen LogP contribution in [0.1, 0.15) is 39.7 Å². The summed E-state index contributed by atoms with van der Waals surface area (Å²) in [6.07, 6.45) is 3.69. The zero-order valence-corrected chi connectivity index (χ0v) is 13.4. The molecule has 2 heterocycles. The molecule has 1 saturated carbocycles. The number of ether oxygens (including phenoxy) is 1. The lowest BCUT2D eigenvalue weighted by Crippen LogP contribution is -2.41. The lowest BCUT2D eigenvalue weighted by molar-refractivity contribution is 0.0235. The van der Waals surface area contributed by atoms with Crippen LogP contribution in [-0.2, 0) is 6.42 Å². The summed E-state index contributed by atoms with van der Waals surface area (Å²) in [5.74, 6) is 1.10. The topological polar surface area (TPSA) is 71.5 Å². The normalized spacial score (nSPS) is 23.5. The first-order chi connectivity index (χ1) is 11.2. The molecule has 6 heteroatoms. The van der Waals surface area contributed by atoms with Crippen molar-refractivity contribution in [3.63, 3.8) is 0 Å². The Labute approximate surface area is 138 Å². The summed E-state index contributed by atoms with van der Waals surface area (Å²) in [5.41, 5.74) is 3.94. The summed E-state index contributed by atoms with van der Waals surface area (Å²) in [6.45, 7) is 0.721. The molecule has 23 heavy (non-hydrogen) atoms. The number of amides is 1. The van der Waals surface area contributed by atoms with E-state index >= 15 is 0 Å². The van der Waals surface area contributed by atoms with E-state index in [0.717, 1.165) is 37.2 Å². The molecule has 1 aromatic heterocycles. The predicted molar refractivity (Wildman–Crippen MR) is 86.7 cm³/mol. The number of thiazole rings is 1. The zero-order chi connectivity index (χ0) is 15.8. The minimum Gasteiger partial charge on any atom is -0.493 e. The number of fused-ring (bicyclic) bond motifs is 1. The van der Waals surface area contributed by atoms with E-state index in [1.54, 1.807) is 11.7 Å². The molecule has 2 aromatic rings. The number of carbonyl (C=O) groups is 1. The van der Waals surface area contributed by atoms with Gasteiger partial charge in [-0.05, 0) is 42.0 Å². The van der Waals surface area contributed by atoms with Gasteiger partial charge in [-0.25, -0.2) is 0 Å². The maximum absolute atomic E-state index is 12.4. The third kappa shape index (κ3) is 2.84. The number of aliphatic hydroxyl groups is 1. The smallest absolute Gasteiger partial charge is 0.263 e. The van der Waals surface area contributed by atoms with Crippen molar-refractivity contribution in [3.05, 3.63) is 45.9 Å². The maximum atomic E-state index is 12.4. The third-order valence-electron chi connectivity index (χ3n) is 4.64. The predicted octanol–water partition coefficient (Wildman–Crippen LogP) is 2.32. The molecule has 0 radical (unpaired) electrons. The highest BCUT2D eigenvalue weighted by molar-refractivity contribution is 7.11. The van der Waals surface area contributed by atoms with Gasteiger partial charge in [-0.2, -0.15) is 0 Å². The van der Waals surface area contributed by atoms with E-state index in [0.29, 0.717) is 4.88 Å². The highest BCUT2D eigenvalue weighted by Crippen LogP contribution is 2.40. The van der Waals surface area contributed by atoms with E-state index in [1.807, 2.05) is 12.1 Å². The van der Waals surface area contributed by atoms with Crippen LogP contribution in [0.25, 0.3) is 0 Å². The summed E-state index contributed by atoms with van der Waals surface area (Å²) in [4.78, 5) is 17.0. The Bertz CT molecular complexity index is 711. The second kappa shape index (κ2) is 5.94. The highest BCUT2D eigenvalue weighted by atomic mass is 32.1.